The summed E-state index contributed by atoms with van der Waals surface area (Å²) in [6.45, 7) is 0.312. The Morgan fingerprint density at radius 3 is 2.48 bits per heavy atom. The quantitative estimate of drug-likeness (QED) is 0.615. The van der Waals surface area contributed by atoms with E-state index in [4.69, 9.17) is 45.3 Å². The summed E-state index contributed by atoms with van der Waals surface area (Å²) in [5.41, 5.74) is 7.53. The summed E-state index contributed by atoms with van der Waals surface area (Å²) in [6, 6.07) is 15.8. The fraction of sp³-hybridized carbons (Fsp3) is 0.0556. The smallest absolute Gasteiger partial charge is 0.224 e. The third-order valence-electron chi connectivity index (χ3n) is 3.54. The number of hydrogen-bond donors (Lipinski definition) is 1. The number of nitrogen functional groups attached to an aromatic ring is 1. The van der Waals surface area contributed by atoms with Gasteiger partial charge in [0.1, 0.15) is 17.5 Å². The van der Waals surface area contributed by atoms with Gasteiger partial charge in [-0.25, -0.2) is 0 Å². The van der Waals surface area contributed by atoms with Gasteiger partial charge in [0, 0.05) is 21.1 Å². The topological polar surface area (TPSA) is 64.0 Å². The van der Waals surface area contributed by atoms with E-state index < -0.39 is 0 Å². The monoisotopic (exact) mass is 391 g/mol. The largest absolute Gasteiger partial charge is 0.439 e. The second kappa shape index (κ2) is 7.28. The van der Waals surface area contributed by atoms with E-state index in [0.29, 0.717) is 44.6 Å². The highest BCUT2D eigenvalue weighted by atomic mass is 35.5. The van der Waals surface area contributed by atoms with Crippen LogP contribution >= 0.6 is 34.8 Å². The van der Waals surface area contributed by atoms with Gasteiger partial charge >= 0.3 is 0 Å². The van der Waals surface area contributed by atoms with E-state index in [1.165, 1.54) is 0 Å². The molecule has 1 aromatic heterocycles. The summed E-state index contributed by atoms with van der Waals surface area (Å²) in [4.78, 5) is 0. The Hall–Kier alpha value is -2.32. The van der Waals surface area contributed by atoms with Crippen LogP contribution in [0.15, 0.2) is 48.5 Å². The van der Waals surface area contributed by atoms with Crippen molar-refractivity contribution < 1.29 is 4.74 Å². The highest BCUT2D eigenvalue weighted by Gasteiger charge is 2.17. The van der Waals surface area contributed by atoms with Crippen LogP contribution in [0.4, 0.5) is 5.69 Å². The number of halogens is 3. The van der Waals surface area contributed by atoms with Crippen molar-refractivity contribution in [3.63, 3.8) is 0 Å². The number of nitriles is 1. The highest BCUT2D eigenvalue weighted by molar-refractivity contribution is 6.35. The molecule has 4 nitrogen and oxygen atoms in total. The molecule has 0 amide bonds. The van der Waals surface area contributed by atoms with E-state index in [1.807, 2.05) is 0 Å². The number of aromatic nitrogens is 1. The molecule has 0 fully saturated rings. The maximum atomic E-state index is 9.40. The first-order chi connectivity index (χ1) is 12.0. The van der Waals surface area contributed by atoms with Gasteiger partial charge in [-0.05, 0) is 35.9 Å². The lowest BCUT2D eigenvalue weighted by Crippen LogP contribution is -2.05. The molecule has 1 heterocycles. The zero-order valence-corrected chi connectivity index (χ0v) is 15.1. The van der Waals surface area contributed by atoms with Gasteiger partial charge in [-0.1, -0.05) is 46.9 Å². The third-order valence-corrected chi connectivity index (χ3v) is 4.37. The average Bonchev–Trinajstić information content (AvgIpc) is 2.86. The molecule has 2 N–H and O–H groups in total. The second-order valence-electron chi connectivity index (χ2n) is 5.28. The van der Waals surface area contributed by atoms with Crippen LogP contribution in [0.5, 0.6) is 11.6 Å². The molecule has 25 heavy (non-hydrogen) atoms. The zero-order chi connectivity index (χ0) is 18.0. The minimum Gasteiger partial charge on any atom is -0.439 e. The number of ether oxygens (including phenoxy) is 1. The van der Waals surface area contributed by atoms with Crippen LogP contribution in [0.2, 0.25) is 15.1 Å². The van der Waals surface area contributed by atoms with Gasteiger partial charge in [-0.3, -0.25) is 4.57 Å². The molecule has 0 bridgehead atoms. The molecule has 0 atom stereocenters. The Labute approximate surface area is 159 Å². The Balaban J connectivity index is 2.01. The Kier molecular flexibility index (Phi) is 5.10. The van der Waals surface area contributed by atoms with E-state index in [2.05, 4.69) is 6.07 Å². The first-order valence-electron chi connectivity index (χ1n) is 7.24. The lowest BCUT2D eigenvalue weighted by atomic mass is 10.2. The molecule has 7 heteroatoms. The minimum atomic E-state index is 0.312. The van der Waals surface area contributed by atoms with Crippen LogP contribution in [0.1, 0.15) is 11.3 Å². The van der Waals surface area contributed by atoms with Crippen LogP contribution in [-0.4, -0.2) is 4.57 Å². The van der Waals surface area contributed by atoms with Crippen LogP contribution in [0.25, 0.3) is 0 Å². The van der Waals surface area contributed by atoms with E-state index in [0.717, 1.165) is 5.56 Å². The highest BCUT2D eigenvalue weighted by Crippen LogP contribution is 2.33. The molecule has 0 radical (unpaired) electrons. The van der Waals surface area contributed by atoms with Gasteiger partial charge < -0.3 is 10.5 Å². The predicted molar refractivity (Wildman–Crippen MR) is 101 cm³/mol. The molecule has 0 saturated carbocycles. The number of benzene rings is 2. The van der Waals surface area contributed by atoms with E-state index in [9.17, 15) is 5.26 Å². The first kappa shape index (κ1) is 17.5. The van der Waals surface area contributed by atoms with Crippen molar-refractivity contribution in [2.24, 2.45) is 0 Å². The lowest BCUT2D eigenvalue weighted by Gasteiger charge is -2.13. The van der Waals surface area contributed by atoms with Crippen molar-refractivity contribution in [1.29, 1.82) is 5.26 Å². The Morgan fingerprint density at radius 1 is 1.04 bits per heavy atom. The van der Waals surface area contributed by atoms with Gasteiger partial charge in [0.25, 0.3) is 0 Å². The van der Waals surface area contributed by atoms with Crippen molar-refractivity contribution in [1.82, 2.24) is 4.57 Å². The van der Waals surface area contributed by atoms with Crippen molar-refractivity contribution in [3.8, 4) is 17.7 Å². The van der Waals surface area contributed by atoms with Gasteiger partial charge in [0.15, 0.2) is 0 Å². The number of rotatable bonds is 4. The molecule has 0 aliphatic rings. The molecule has 0 aliphatic carbocycles. The van der Waals surface area contributed by atoms with Gasteiger partial charge in [-0.2, -0.15) is 5.26 Å². The summed E-state index contributed by atoms with van der Waals surface area (Å²) in [7, 11) is 0. The SMILES string of the molecule is N#Cc1cc(N)c(Oc2cccc(Cl)c2)n1Cc1ccc(Cl)cc1Cl. The fourth-order valence-corrected chi connectivity index (χ4v) is 3.03. The lowest BCUT2D eigenvalue weighted by molar-refractivity contribution is 0.437. The minimum absolute atomic E-state index is 0.312. The van der Waals surface area contributed by atoms with Gasteiger partial charge in [0.2, 0.25) is 5.88 Å². The summed E-state index contributed by atoms with van der Waals surface area (Å²) >= 11 is 18.2. The summed E-state index contributed by atoms with van der Waals surface area (Å²) in [5.74, 6) is 0.870. The van der Waals surface area contributed by atoms with Crippen molar-refractivity contribution in [2.45, 2.75) is 6.54 Å². The number of hydrogen-bond acceptors (Lipinski definition) is 3. The maximum absolute atomic E-state index is 9.40. The first-order valence-corrected chi connectivity index (χ1v) is 8.38. The predicted octanol–water partition coefficient (Wildman–Crippen LogP) is 5.74. The van der Waals surface area contributed by atoms with Crippen LogP contribution in [0, 0.1) is 11.3 Å². The maximum Gasteiger partial charge on any atom is 0.224 e. The van der Waals surface area contributed by atoms with E-state index in [1.54, 1.807) is 53.1 Å². The zero-order valence-electron chi connectivity index (χ0n) is 12.8. The molecular formula is C18H12Cl3N3O. The molecular weight excluding hydrogens is 381 g/mol. The average molecular weight is 393 g/mol. The third kappa shape index (κ3) is 3.85. The summed E-state index contributed by atoms with van der Waals surface area (Å²) < 4.78 is 7.53. The number of nitrogens with two attached hydrogens (primary N) is 1. The van der Waals surface area contributed by atoms with E-state index >= 15 is 0 Å². The molecule has 126 valence electrons. The molecule has 3 aromatic rings. The van der Waals surface area contributed by atoms with Crippen LogP contribution in [-0.2, 0) is 6.54 Å². The summed E-state index contributed by atoms with van der Waals surface area (Å²) in [6.07, 6.45) is 0. The Morgan fingerprint density at radius 2 is 1.80 bits per heavy atom. The molecule has 2 aromatic carbocycles. The molecule has 0 aliphatic heterocycles. The van der Waals surface area contributed by atoms with Crippen molar-refractivity contribution >= 4 is 40.5 Å². The second-order valence-corrected chi connectivity index (χ2v) is 6.56. The van der Waals surface area contributed by atoms with Gasteiger partial charge in [-0.15, -0.1) is 0 Å². The molecule has 3 rings (SSSR count). The van der Waals surface area contributed by atoms with Crippen molar-refractivity contribution in [2.75, 3.05) is 5.73 Å². The molecule has 0 unspecified atom stereocenters. The van der Waals surface area contributed by atoms with Gasteiger partial charge in [0.05, 0.1) is 12.2 Å². The van der Waals surface area contributed by atoms with E-state index in [-0.39, 0.29) is 0 Å². The van der Waals surface area contributed by atoms with Crippen LogP contribution in [0.3, 0.4) is 0 Å². The standard InChI is InChI=1S/C18H12Cl3N3O/c19-12-2-1-3-15(6-12)25-18-17(23)8-14(9-22)24(18)10-11-4-5-13(20)7-16(11)21/h1-8H,10,23H2. The molecule has 0 spiro atoms. The fourth-order valence-electron chi connectivity index (χ4n) is 2.38. The Bertz CT molecular complexity index is 976. The summed E-state index contributed by atoms with van der Waals surface area (Å²) in [5, 5.41) is 11.0. The van der Waals surface area contributed by atoms with Crippen molar-refractivity contribution in [3.05, 3.63) is 74.9 Å². The molecule has 0 saturated heterocycles. The van der Waals surface area contributed by atoms with Crippen LogP contribution < -0.4 is 10.5 Å². The normalized spacial score (nSPS) is 10.5. The number of nitrogens with zero attached hydrogens (tertiary/aromatic N) is 2. The number of anilines is 1.